The Bertz CT molecular complexity index is 352. The van der Waals surface area contributed by atoms with Crippen molar-refractivity contribution in [1.82, 2.24) is 0 Å². The third-order valence-corrected chi connectivity index (χ3v) is 2.74. The molecule has 21 heavy (non-hydrogen) atoms. The second-order valence-corrected chi connectivity index (χ2v) is 7.25. The Balaban J connectivity index is 3.43. The van der Waals surface area contributed by atoms with Crippen LogP contribution in [0.2, 0.25) is 0 Å². The number of esters is 2. The molecule has 5 heteroatoms. The van der Waals surface area contributed by atoms with Gasteiger partial charge in [-0.2, -0.15) is 0 Å². The summed E-state index contributed by atoms with van der Waals surface area (Å²) in [5.74, 6) is -0.442. The lowest BCUT2D eigenvalue weighted by Crippen LogP contribution is -2.23. The molecule has 0 aliphatic heterocycles. The highest BCUT2D eigenvalue weighted by molar-refractivity contribution is 9.11. The number of carbonyl (C=O) groups is 2. The number of carbonyl (C=O) groups excluding carboxylic acids is 2. The van der Waals surface area contributed by atoms with Crippen molar-refractivity contribution < 1.29 is 19.1 Å². The zero-order valence-corrected chi connectivity index (χ0v) is 15.1. The fourth-order valence-electron chi connectivity index (χ4n) is 1.67. The van der Waals surface area contributed by atoms with E-state index in [9.17, 15) is 9.59 Å². The second kappa shape index (κ2) is 10.8. The highest BCUT2D eigenvalue weighted by Gasteiger charge is 2.15. The molecule has 0 aromatic rings. The third kappa shape index (κ3) is 15.4. The molecule has 0 amide bonds. The van der Waals surface area contributed by atoms with Crippen LogP contribution in [0.3, 0.4) is 0 Å². The highest BCUT2D eigenvalue weighted by atomic mass is 79.9. The van der Waals surface area contributed by atoms with E-state index in [1.54, 1.807) is 6.92 Å². The molecular formula is C16H27BrO4. The Morgan fingerprint density at radius 3 is 2.19 bits per heavy atom. The lowest BCUT2D eigenvalue weighted by molar-refractivity contribution is -0.155. The number of rotatable bonds is 9. The molecule has 4 nitrogen and oxygen atoms in total. The summed E-state index contributed by atoms with van der Waals surface area (Å²) >= 11 is 3.18. The van der Waals surface area contributed by atoms with Gasteiger partial charge in [0, 0.05) is 12.5 Å². The molecule has 0 heterocycles. The molecule has 0 aromatic carbocycles. The van der Waals surface area contributed by atoms with E-state index >= 15 is 0 Å². The molecule has 0 saturated heterocycles. The molecule has 0 aliphatic rings. The van der Waals surface area contributed by atoms with E-state index in [2.05, 4.69) is 15.9 Å². The molecule has 0 N–H and O–H groups in total. The van der Waals surface area contributed by atoms with Gasteiger partial charge >= 0.3 is 11.9 Å². The zero-order chi connectivity index (χ0) is 16.3. The van der Waals surface area contributed by atoms with Crippen molar-refractivity contribution in [2.24, 2.45) is 0 Å². The Morgan fingerprint density at radius 1 is 1.05 bits per heavy atom. The van der Waals surface area contributed by atoms with Crippen molar-refractivity contribution in [2.45, 2.75) is 71.8 Å². The molecule has 0 fully saturated rings. The van der Waals surface area contributed by atoms with Crippen molar-refractivity contribution >= 4 is 27.9 Å². The molecule has 0 unspecified atom stereocenters. The van der Waals surface area contributed by atoms with E-state index in [0.29, 0.717) is 13.0 Å². The summed E-state index contributed by atoms with van der Waals surface area (Å²) in [4.78, 5) is 22.7. The van der Waals surface area contributed by atoms with E-state index in [1.807, 2.05) is 20.8 Å². The predicted octanol–water partition coefficient (Wildman–Crippen LogP) is 4.51. The van der Waals surface area contributed by atoms with Gasteiger partial charge in [0.1, 0.15) is 5.60 Å². The van der Waals surface area contributed by atoms with Gasteiger partial charge in [-0.15, -0.1) is 0 Å². The van der Waals surface area contributed by atoms with E-state index in [-0.39, 0.29) is 11.9 Å². The summed E-state index contributed by atoms with van der Waals surface area (Å²) in [6.45, 7) is 7.85. The fourth-order valence-corrected chi connectivity index (χ4v) is 1.86. The summed E-state index contributed by atoms with van der Waals surface area (Å²) in [7, 11) is 0. The van der Waals surface area contributed by atoms with Gasteiger partial charge in [0.25, 0.3) is 0 Å². The van der Waals surface area contributed by atoms with E-state index in [0.717, 1.165) is 36.6 Å². The topological polar surface area (TPSA) is 52.6 Å². The van der Waals surface area contributed by atoms with E-state index in [1.165, 1.54) is 6.08 Å². The van der Waals surface area contributed by atoms with Gasteiger partial charge < -0.3 is 9.47 Å². The first-order chi connectivity index (χ1) is 9.70. The van der Waals surface area contributed by atoms with Crippen molar-refractivity contribution in [3.63, 3.8) is 0 Å². The van der Waals surface area contributed by atoms with Crippen LogP contribution in [-0.2, 0) is 19.1 Å². The van der Waals surface area contributed by atoms with Crippen LogP contribution in [0, 0.1) is 0 Å². The van der Waals surface area contributed by atoms with Crippen molar-refractivity contribution in [1.29, 1.82) is 0 Å². The minimum Gasteiger partial charge on any atom is -0.463 e. The molecule has 0 aliphatic carbocycles. The number of allylic oxidation sites excluding steroid dienone is 1. The zero-order valence-electron chi connectivity index (χ0n) is 13.5. The molecule has 0 aromatic heterocycles. The number of hydrogen-bond acceptors (Lipinski definition) is 4. The molecule has 0 atom stereocenters. The van der Waals surface area contributed by atoms with Crippen LogP contribution in [0.15, 0.2) is 10.6 Å². The monoisotopic (exact) mass is 362 g/mol. The summed E-state index contributed by atoms with van der Waals surface area (Å²) in [5, 5.41) is 0. The number of ether oxygens (including phenoxy) is 2. The Labute approximate surface area is 136 Å². The standard InChI is InChI=1S/C16H27BrO4/c1-13(17)12-15(19)20-11-9-7-5-6-8-10-14(18)21-16(2,3)4/h12H,5-11H2,1-4H3/b13-12+. The Hall–Kier alpha value is -0.840. The predicted molar refractivity (Wildman–Crippen MR) is 87.2 cm³/mol. The second-order valence-electron chi connectivity index (χ2n) is 6.00. The molecule has 0 radical (unpaired) electrons. The molecule has 0 bridgehead atoms. The van der Waals surface area contributed by atoms with Gasteiger partial charge in [-0.1, -0.05) is 35.2 Å². The van der Waals surface area contributed by atoms with Crippen LogP contribution < -0.4 is 0 Å². The lowest BCUT2D eigenvalue weighted by atomic mass is 10.1. The van der Waals surface area contributed by atoms with Gasteiger partial charge in [-0.25, -0.2) is 4.79 Å². The summed E-state index contributed by atoms with van der Waals surface area (Å²) in [5.41, 5.74) is -0.400. The van der Waals surface area contributed by atoms with Gasteiger partial charge in [0.15, 0.2) is 0 Å². The molecule has 0 spiro atoms. The van der Waals surface area contributed by atoms with Crippen LogP contribution in [0.5, 0.6) is 0 Å². The largest absolute Gasteiger partial charge is 0.463 e. The third-order valence-electron chi connectivity index (χ3n) is 2.51. The van der Waals surface area contributed by atoms with Gasteiger partial charge in [-0.3, -0.25) is 4.79 Å². The fraction of sp³-hybridized carbons (Fsp3) is 0.750. The maximum Gasteiger partial charge on any atom is 0.331 e. The minimum absolute atomic E-state index is 0.131. The van der Waals surface area contributed by atoms with Crippen LogP contribution >= 0.6 is 15.9 Å². The summed E-state index contributed by atoms with van der Waals surface area (Å²) in [6, 6.07) is 0. The molecule has 0 saturated carbocycles. The van der Waals surface area contributed by atoms with Gasteiger partial charge in [0.05, 0.1) is 6.61 Å². The first-order valence-corrected chi connectivity index (χ1v) is 8.22. The van der Waals surface area contributed by atoms with Gasteiger partial charge in [0.2, 0.25) is 0 Å². The van der Waals surface area contributed by atoms with Crippen molar-refractivity contribution in [2.75, 3.05) is 6.61 Å². The number of hydrogen-bond donors (Lipinski definition) is 0. The van der Waals surface area contributed by atoms with E-state index in [4.69, 9.17) is 9.47 Å². The average Bonchev–Trinajstić information content (AvgIpc) is 2.29. The lowest BCUT2D eigenvalue weighted by Gasteiger charge is -2.19. The summed E-state index contributed by atoms with van der Waals surface area (Å²) < 4.78 is 11.0. The van der Waals surface area contributed by atoms with Crippen LogP contribution in [0.4, 0.5) is 0 Å². The Morgan fingerprint density at radius 2 is 1.62 bits per heavy atom. The number of halogens is 1. The first-order valence-electron chi connectivity index (χ1n) is 7.43. The average molecular weight is 363 g/mol. The minimum atomic E-state index is -0.400. The summed E-state index contributed by atoms with van der Waals surface area (Å²) in [6.07, 6.45) is 6.62. The van der Waals surface area contributed by atoms with Crippen molar-refractivity contribution in [3.05, 3.63) is 10.6 Å². The van der Waals surface area contributed by atoms with E-state index < -0.39 is 5.60 Å². The molecule has 0 rings (SSSR count). The van der Waals surface area contributed by atoms with Crippen LogP contribution in [-0.4, -0.2) is 24.1 Å². The quantitative estimate of drug-likeness (QED) is 0.344. The van der Waals surface area contributed by atoms with Crippen LogP contribution in [0.25, 0.3) is 0 Å². The maximum absolute atomic E-state index is 11.5. The molecular weight excluding hydrogens is 336 g/mol. The molecule has 122 valence electrons. The highest BCUT2D eigenvalue weighted by Crippen LogP contribution is 2.11. The maximum atomic E-state index is 11.5. The number of unbranched alkanes of at least 4 members (excludes halogenated alkanes) is 4. The SMILES string of the molecule is C/C(Br)=C\C(=O)OCCCCCCCC(=O)OC(C)(C)C. The Kier molecular flexibility index (Phi) is 10.4. The normalized spacial score (nSPS) is 12.1. The van der Waals surface area contributed by atoms with Crippen LogP contribution in [0.1, 0.15) is 66.2 Å². The first kappa shape index (κ1) is 20.2. The van der Waals surface area contributed by atoms with Crippen molar-refractivity contribution in [3.8, 4) is 0 Å². The van der Waals surface area contributed by atoms with Gasteiger partial charge in [-0.05, 0) is 45.0 Å². The smallest absolute Gasteiger partial charge is 0.331 e.